The molecule has 2 rings (SSSR count). The van der Waals surface area contributed by atoms with Crippen molar-refractivity contribution in [2.45, 2.75) is 19.8 Å². The number of hydrogen-bond acceptors (Lipinski definition) is 4. The molecule has 1 aromatic heterocycles. The number of hydrogen-bond donors (Lipinski definition) is 1. The van der Waals surface area contributed by atoms with Gasteiger partial charge in [0.05, 0.1) is 19.7 Å². The van der Waals surface area contributed by atoms with Gasteiger partial charge in [0.2, 0.25) is 5.91 Å². The zero-order valence-corrected chi connectivity index (χ0v) is 12.9. The van der Waals surface area contributed by atoms with E-state index in [0.717, 1.165) is 22.6 Å². The molecule has 0 spiro atoms. The second-order valence-electron chi connectivity index (χ2n) is 4.48. The van der Waals surface area contributed by atoms with Crippen LogP contribution in [0.25, 0.3) is 0 Å². The van der Waals surface area contributed by atoms with Crippen molar-refractivity contribution in [1.29, 1.82) is 0 Å². The van der Waals surface area contributed by atoms with Gasteiger partial charge in [-0.25, -0.2) is 5.43 Å². The lowest BCUT2D eigenvalue weighted by atomic mass is 10.1. The minimum atomic E-state index is -0.135. The molecule has 0 radical (unpaired) electrons. The van der Waals surface area contributed by atoms with Crippen molar-refractivity contribution in [2.75, 3.05) is 7.11 Å². The Hall–Kier alpha value is -2.14. The summed E-state index contributed by atoms with van der Waals surface area (Å²) in [5, 5.41) is 3.98. The highest BCUT2D eigenvalue weighted by atomic mass is 32.1. The van der Waals surface area contributed by atoms with Crippen LogP contribution in [0.1, 0.15) is 22.2 Å². The summed E-state index contributed by atoms with van der Waals surface area (Å²) in [4.78, 5) is 14.1. The monoisotopic (exact) mass is 302 g/mol. The first kappa shape index (κ1) is 15.3. The first-order chi connectivity index (χ1) is 10.2. The summed E-state index contributed by atoms with van der Waals surface area (Å²) in [5.41, 5.74) is 3.47. The molecule has 0 atom stereocenters. The molecule has 5 heteroatoms. The topological polar surface area (TPSA) is 50.7 Å². The number of carbonyl (C=O) groups excluding carboxylic acids is 1. The van der Waals surface area contributed by atoms with Crippen molar-refractivity contribution < 1.29 is 9.53 Å². The van der Waals surface area contributed by atoms with Gasteiger partial charge in [-0.3, -0.25) is 4.79 Å². The maximum absolute atomic E-state index is 11.8. The van der Waals surface area contributed by atoms with Crippen molar-refractivity contribution in [1.82, 2.24) is 5.43 Å². The summed E-state index contributed by atoms with van der Waals surface area (Å²) < 4.78 is 5.08. The van der Waals surface area contributed by atoms with Crippen LogP contribution in [0.2, 0.25) is 0 Å². The number of nitrogens with zero attached hydrogens (tertiary/aromatic N) is 1. The molecule has 1 amide bonds. The summed E-state index contributed by atoms with van der Waals surface area (Å²) in [6.07, 6.45) is 2.99. The van der Waals surface area contributed by atoms with Gasteiger partial charge in [-0.15, -0.1) is 11.3 Å². The lowest BCUT2D eigenvalue weighted by molar-refractivity contribution is -0.120. The maximum Gasteiger partial charge on any atom is 0.244 e. The standard InChI is InChI=1S/C16H18N2O2S/c1-3-14-8-9-15(21-14)11-17-18-16(19)10-12-4-6-13(20-2)7-5-12/h4-9,11H,3,10H2,1-2H3,(H,18,19). The highest BCUT2D eigenvalue weighted by Gasteiger charge is 2.02. The van der Waals surface area contributed by atoms with Crippen LogP contribution in [0.4, 0.5) is 0 Å². The molecule has 0 saturated carbocycles. The third-order valence-electron chi connectivity index (χ3n) is 2.94. The molecule has 0 fully saturated rings. The Kier molecular flexibility index (Phi) is 5.51. The summed E-state index contributed by atoms with van der Waals surface area (Å²) >= 11 is 1.68. The molecule has 0 aliphatic heterocycles. The molecule has 1 heterocycles. The van der Waals surface area contributed by atoms with Crippen LogP contribution < -0.4 is 10.2 Å². The normalized spacial score (nSPS) is 10.8. The second kappa shape index (κ2) is 7.59. The summed E-state index contributed by atoms with van der Waals surface area (Å²) in [5.74, 6) is 0.644. The average molecular weight is 302 g/mol. The van der Waals surface area contributed by atoms with Gasteiger partial charge in [0.1, 0.15) is 5.75 Å². The van der Waals surface area contributed by atoms with E-state index in [2.05, 4.69) is 23.5 Å². The first-order valence-corrected chi connectivity index (χ1v) is 7.56. The van der Waals surface area contributed by atoms with Gasteiger partial charge in [0, 0.05) is 9.75 Å². The van der Waals surface area contributed by atoms with E-state index in [1.165, 1.54) is 4.88 Å². The third kappa shape index (κ3) is 4.72. The molecular weight excluding hydrogens is 284 g/mol. The molecule has 1 aromatic carbocycles. The number of carbonyl (C=O) groups is 1. The fraction of sp³-hybridized carbons (Fsp3) is 0.250. The predicted octanol–water partition coefficient (Wildman–Crippen LogP) is 3.01. The van der Waals surface area contributed by atoms with Crippen molar-refractivity contribution in [3.63, 3.8) is 0 Å². The van der Waals surface area contributed by atoms with E-state index in [1.54, 1.807) is 24.7 Å². The number of thiophene rings is 1. The second-order valence-corrected chi connectivity index (χ2v) is 5.68. The number of ether oxygens (including phenoxy) is 1. The molecule has 110 valence electrons. The lowest BCUT2D eigenvalue weighted by Crippen LogP contribution is -2.19. The van der Waals surface area contributed by atoms with Crippen LogP contribution in [0.15, 0.2) is 41.5 Å². The Labute approximate surface area is 128 Å². The van der Waals surface area contributed by atoms with Crippen molar-refractivity contribution in [3.8, 4) is 5.75 Å². The zero-order valence-electron chi connectivity index (χ0n) is 12.1. The van der Waals surface area contributed by atoms with E-state index < -0.39 is 0 Å². The van der Waals surface area contributed by atoms with Crippen LogP contribution in [0.3, 0.4) is 0 Å². The zero-order chi connectivity index (χ0) is 15.1. The van der Waals surface area contributed by atoms with Gasteiger partial charge < -0.3 is 4.74 Å². The molecule has 0 aliphatic rings. The number of hydrazone groups is 1. The van der Waals surface area contributed by atoms with Crippen molar-refractivity contribution in [3.05, 3.63) is 51.7 Å². The minimum Gasteiger partial charge on any atom is -0.497 e. The highest BCUT2D eigenvalue weighted by Crippen LogP contribution is 2.14. The lowest BCUT2D eigenvalue weighted by Gasteiger charge is -2.02. The first-order valence-electron chi connectivity index (χ1n) is 6.75. The van der Waals surface area contributed by atoms with Crippen LogP contribution in [0.5, 0.6) is 5.75 Å². The molecule has 0 bridgehead atoms. The minimum absolute atomic E-state index is 0.135. The van der Waals surface area contributed by atoms with Crippen LogP contribution in [-0.2, 0) is 17.6 Å². The van der Waals surface area contributed by atoms with Crippen LogP contribution in [-0.4, -0.2) is 19.2 Å². The average Bonchev–Trinajstić information content (AvgIpc) is 2.96. The number of aryl methyl sites for hydroxylation is 1. The van der Waals surface area contributed by atoms with E-state index >= 15 is 0 Å². The maximum atomic E-state index is 11.8. The fourth-order valence-corrected chi connectivity index (χ4v) is 2.61. The number of benzene rings is 1. The van der Waals surface area contributed by atoms with Gasteiger partial charge >= 0.3 is 0 Å². The number of amides is 1. The highest BCUT2D eigenvalue weighted by molar-refractivity contribution is 7.13. The van der Waals surface area contributed by atoms with E-state index in [-0.39, 0.29) is 5.91 Å². The van der Waals surface area contributed by atoms with Crippen LogP contribution >= 0.6 is 11.3 Å². The van der Waals surface area contributed by atoms with Gasteiger partial charge in [0.15, 0.2) is 0 Å². The Balaban J connectivity index is 1.83. The van der Waals surface area contributed by atoms with Crippen molar-refractivity contribution >= 4 is 23.5 Å². The molecule has 0 aliphatic carbocycles. The molecular formula is C16H18N2O2S. The van der Waals surface area contributed by atoms with Gasteiger partial charge in [-0.2, -0.15) is 5.10 Å². The third-order valence-corrected chi connectivity index (χ3v) is 4.10. The molecule has 0 saturated heterocycles. The Bertz CT molecular complexity index is 617. The summed E-state index contributed by atoms with van der Waals surface area (Å²) in [6, 6.07) is 11.5. The van der Waals surface area contributed by atoms with E-state index in [1.807, 2.05) is 30.3 Å². The fourth-order valence-electron chi connectivity index (χ4n) is 1.79. The summed E-state index contributed by atoms with van der Waals surface area (Å²) in [7, 11) is 1.62. The molecule has 2 aromatic rings. The quantitative estimate of drug-likeness (QED) is 0.659. The molecule has 21 heavy (non-hydrogen) atoms. The molecule has 1 N–H and O–H groups in total. The Morgan fingerprint density at radius 3 is 2.67 bits per heavy atom. The van der Waals surface area contributed by atoms with Crippen molar-refractivity contribution in [2.24, 2.45) is 5.10 Å². The van der Waals surface area contributed by atoms with Crippen LogP contribution in [0, 0.1) is 0 Å². The summed E-state index contributed by atoms with van der Waals surface area (Å²) in [6.45, 7) is 2.11. The molecule has 0 unspecified atom stereocenters. The van der Waals surface area contributed by atoms with E-state index in [9.17, 15) is 4.79 Å². The predicted molar refractivity (Wildman–Crippen MR) is 86.1 cm³/mol. The van der Waals surface area contributed by atoms with Gasteiger partial charge in [-0.1, -0.05) is 19.1 Å². The van der Waals surface area contributed by atoms with Gasteiger partial charge in [0.25, 0.3) is 0 Å². The number of rotatable bonds is 6. The Morgan fingerprint density at radius 2 is 2.05 bits per heavy atom. The van der Waals surface area contributed by atoms with Gasteiger partial charge in [-0.05, 0) is 36.2 Å². The number of nitrogens with one attached hydrogen (secondary N) is 1. The molecule has 4 nitrogen and oxygen atoms in total. The van der Waals surface area contributed by atoms with E-state index in [4.69, 9.17) is 4.74 Å². The smallest absolute Gasteiger partial charge is 0.244 e. The number of methoxy groups -OCH3 is 1. The Morgan fingerprint density at radius 1 is 1.29 bits per heavy atom. The van der Waals surface area contributed by atoms with E-state index in [0.29, 0.717) is 6.42 Å². The largest absolute Gasteiger partial charge is 0.497 e. The SMILES string of the molecule is CCc1ccc(C=NNC(=O)Cc2ccc(OC)cc2)s1.